The van der Waals surface area contributed by atoms with E-state index >= 15 is 0 Å². The van der Waals surface area contributed by atoms with Crippen molar-refractivity contribution in [2.75, 3.05) is 12.3 Å². The highest BCUT2D eigenvalue weighted by atomic mass is 16.5. The Morgan fingerprint density at radius 1 is 1.13 bits per heavy atom. The van der Waals surface area contributed by atoms with E-state index in [1.54, 1.807) is 4.57 Å². The number of fused-ring (bicyclic) bond motifs is 1. The third-order valence-corrected chi connectivity index (χ3v) is 3.75. The summed E-state index contributed by atoms with van der Waals surface area (Å²) in [5, 5.41) is 0. The highest BCUT2D eigenvalue weighted by Crippen LogP contribution is 2.16. The summed E-state index contributed by atoms with van der Waals surface area (Å²) in [6, 6.07) is 13.1. The van der Waals surface area contributed by atoms with E-state index in [0.29, 0.717) is 18.7 Å². The number of nitrogens with two attached hydrogens (primary N) is 1. The van der Waals surface area contributed by atoms with E-state index in [1.807, 2.05) is 49.4 Å². The number of hydrogen-bond acceptors (Lipinski definition) is 4. The van der Waals surface area contributed by atoms with Crippen LogP contribution in [0.15, 0.2) is 51.7 Å². The van der Waals surface area contributed by atoms with E-state index in [2.05, 4.69) is 0 Å². The largest absolute Gasteiger partial charge is 0.494 e. The number of anilines is 1. The van der Waals surface area contributed by atoms with Crippen molar-refractivity contribution in [3.05, 3.63) is 58.6 Å². The maximum Gasteiger partial charge on any atom is 0.419 e. The number of oxazole rings is 1. The van der Waals surface area contributed by atoms with Gasteiger partial charge in [-0.25, -0.2) is 4.79 Å². The van der Waals surface area contributed by atoms with Crippen LogP contribution in [0, 0.1) is 6.92 Å². The Hall–Kier alpha value is -2.69. The number of rotatable bonds is 6. The molecule has 0 bridgehead atoms. The highest BCUT2D eigenvalue weighted by Gasteiger charge is 2.08. The first-order valence-electron chi connectivity index (χ1n) is 7.72. The maximum atomic E-state index is 11.9. The van der Waals surface area contributed by atoms with Gasteiger partial charge in [-0.05, 0) is 61.7 Å². The molecule has 2 N–H and O–H groups in total. The summed E-state index contributed by atoms with van der Waals surface area (Å²) in [6.45, 7) is 3.23. The van der Waals surface area contributed by atoms with Gasteiger partial charge < -0.3 is 14.9 Å². The molecule has 0 saturated heterocycles. The summed E-state index contributed by atoms with van der Waals surface area (Å²) in [5.74, 6) is 0.505. The lowest BCUT2D eigenvalue weighted by Gasteiger charge is -2.07. The monoisotopic (exact) mass is 312 g/mol. The smallest absolute Gasteiger partial charge is 0.419 e. The minimum absolute atomic E-state index is 0.301. The van der Waals surface area contributed by atoms with Gasteiger partial charge in [0.25, 0.3) is 0 Å². The SMILES string of the molecule is Cc1ccc2oc(=O)n(CCCCOc3ccc(N)cc3)c2c1. The molecule has 0 fully saturated rings. The number of unbranched alkanes of at least 4 members (excludes halogenated alkanes) is 1. The van der Waals surface area contributed by atoms with Crippen molar-refractivity contribution in [3.8, 4) is 5.75 Å². The van der Waals surface area contributed by atoms with Gasteiger partial charge in [-0.2, -0.15) is 0 Å². The Labute approximate surface area is 134 Å². The molecule has 3 rings (SSSR count). The summed E-state index contributed by atoms with van der Waals surface area (Å²) >= 11 is 0. The van der Waals surface area contributed by atoms with Gasteiger partial charge in [0, 0.05) is 12.2 Å². The number of aromatic nitrogens is 1. The highest BCUT2D eigenvalue weighted by molar-refractivity contribution is 5.73. The second-order valence-electron chi connectivity index (χ2n) is 5.62. The van der Waals surface area contributed by atoms with Crippen molar-refractivity contribution in [1.82, 2.24) is 4.57 Å². The maximum absolute atomic E-state index is 11.9. The van der Waals surface area contributed by atoms with Gasteiger partial charge in [0.15, 0.2) is 5.58 Å². The van der Waals surface area contributed by atoms with E-state index in [0.717, 1.165) is 35.4 Å². The molecular weight excluding hydrogens is 292 g/mol. The van der Waals surface area contributed by atoms with Crippen molar-refractivity contribution in [2.24, 2.45) is 0 Å². The molecule has 5 nitrogen and oxygen atoms in total. The first-order valence-corrected chi connectivity index (χ1v) is 7.72. The summed E-state index contributed by atoms with van der Waals surface area (Å²) in [4.78, 5) is 11.9. The minimum Gasteiger partial charge on any atom is -0.494 e. The third-order valence-electron chi connectivity index (χ3n) is 3.75. The zero-order valence-corrected chi connectivity index (χ0v) is 13.1. The molecule has 23 heavy (non-hydrogen) atoms. The molecule has 0 aliphatic rings. The summed E-state index contributed by atoms with van der Waals surface area (Å²) in [7, 11) is 0. The van der Waals surface area contributed by atoms with E-state index < -0.39 is 0 Å². The van der Waals surface area contributed by atoms with Gasteiger partial charge in [0.2, 0.25) is 0 Å². The van der Waals surface area contributed by atoms with Gasteiger partial charge in [-0.15, -0.1) is 0 Å². The van der Waals surface area contributed by atoms with Crippen LogP contribution in [0.25, 0.3) is 11.1 Å². The molecule has 0 radical (unpaired) electrons. The van der Waals surface area contributed by atoms with Crippen LogP contribution in [0.2, 0.25) is 0 Å². The predicted molar refractivity (Wildman–Crippen MR) is 90.8 cm³/mol. The van der Waals surface area contributed by atoms with Crippen LogP contribution in [-0.4, -0.2) is 11.2 Å². The fourth-order valence-electron chi connectivity index (χ4n) is 2.51. The van der Waals surface area contributed by atoms with E-state index in [-0.39, 0.29) is 5.76 Å². The average molecular weight is 312 g/mol. The Kier molecular flexibility index (Phi) is 4.37. The molecule has 0 unspecified atom stereocenters. The molecule has 0 spiro atoms. The van der Waals surface area contributed by atoms with Gasteiger partial charge in [-0.3, -0.25) is 4.57 Å². The number of hydrogen-bond donors (Lipinski definition) is 1. The third kappa shape index (κ3) is 3.56. The zero-order valence-electron chi connectivity index (χ0n) is 13.1. The fraction of sp³-hybridized carbons (Fsp3) is 0.278. The molecule has 0 amide bonds. The van der Waals surface area contributed by atoms with E-state index in [4.69, 9.17) is 14.9 Å². The molecule has 2 aromatic carbocycles. The fourth-order valence-corrected chi connectivity index (χ4v) is 2.51. The molecule has 0 aliphatic carbocycles. The van der Waals surface area contributed by atoms with Crippen LogP contribution >= 0.6 is 0 Å². The Balaban J connectivity index is 1.55. The standard InChI is InChI=1S/C18H20N2O3/c1-13-4-9-17-16(12-13)20(18(21)23-17)10-2-3-11-22-15-7-5-14(19)6-8-15/h4-9,12H,2-3,10-11,19H2,1H3. The minimum atomic E-state index is -0.301. The molecular formula is C18H20N2O3. The molecule has 120 valence electrons. The molecule has 5 heteroatoms. The summed E-state index contributed by atoms with van der Waals surface area (Å²) in [6.07, 6.45) is 1.70. The van der Waals surface area contributed by atoms with Crippen LogP contribution in [0.1, 0.15) is 18.4 Å². The number of aryl methyl sites for hydroxylation is 2. The second kappa shape index (κ2) is 6.60. The van der Waals surface area contributed by atoms with E-state index in [1.165, 1.54) is 0 Å². The number of benzene rings is 2. The molecule has 0 saturated carbocycles. The van der Waals surface area contributed by atoms with Gasteiger partial charge in [0.05, 0.1) is 12.1 Å². The van der Waals surface area contributed by atoms with Crippen molar-refractivity contribution in [3.63, 3.8) is 0 Å². The molecule has 1 aromatic heterocycles. The van der Waals surface area contributed by atoms with Crippen molar-refractivity contribution < 1.29 is 9.15 Å². The van der Waals surface area contributed by atoms with Gasteiger partial charge in [-0.1, -0.05) is 6.07 Å². The first-order chi connectivity index (χ1) is 11.1. The lowest BCUT2D eigenvalue weighted by molar-refractivity contribution is 0.302. The van der Waals surface area contributed by atoms with Crippen molar-refractivity contribution >= 4 is 16.8 Å². The average Bonchev–Trinajstić information content (AvgIpc) is 2.84. The lowest BCUT2D eigenvalue weighted by Crippen LogP contribution is -2.14. The summed E-state index contributed by atoms with van der Waals surface area (Å²) < 4.78 is 12.6. The zero-order chi connectivity index (χ0) is 16.2. The summed E-state index contributed by atoms with van der Waals surface area (Å²) in [5.41, 5.74) is 8.96. The quantitative estimate of drug-likeness (QED) is 0.560. The van der Waals surface area contributed by atoms with Crippen molar-refractivity contribution in [1.29, 1.82) is 0 Å². The molecule has 1 heterocycles. The predicted octanol–water partition coefficient (Wildman–Crippen LogP) is 3.34. The topological polar surface area (TPSA) is 70.4 Å². The van der Waals surface area contributed by atoms with E-state index in [9.17, 15) is 4.79 Å². The van der Waals surface area contributed by atoms with Crippen LogP contribution < -0.4 is 16.2 Å². The van der Waals surface area contributed by atoms with Crippen molar-refractivity contribution in [2.45, 2.75) is 26.3 Å². The van der Waals surface area contributed by atoms with Crippen LogP contribution in [-0.2, 0) is 6.54 Å². The van der Waals surface area contributed by atoms with Crippen LogP contribution in [0.5, 0.6) is 5.75 Å². The van der Waals surface area contributed by atoms with Gasteiger partial charge in [0.1, 0.15) is 5.75 Å². The molecule has 0 aliphatic heterocycles. The first kappa shape index (κ1) is 15.2. The molecule has 3 aromatic rings. The normalized spacial score (nSPS) is 11.0. The second-order valence-corrected chi connectivity index (χ2v) is 5.62. The van der Waals surface area contributed by atoms with Crippen LogP contribution in [0.4, 0.5) is 5.69 Å². The Morgan fingerprint density at radius 3 is 2.70 bits per heavy atom. The number of nitrogen functional groups attached to an aromatic ring is 1. The number of ether oxygens (including phenoxy) is 1. The lowest BCUT2D eigenvalue weighted by atomic mass is 10.2. The molecule has 0 atom stereocenters. The van der Waals surface area contributed by atoms with Gasteiger partial charge >= 0.3 is 5.76 Å². The van der Waals surface area contributed by atoms with Crippen LogP contribution in [0.3, 0.4) is 0 Å². The Morgan fingerprint density at radius 2 is 1.91 bits per heavy atom. The Bertz CT molecular complexity index is 847. The number of nitrogens with zero attached hydrogens (tertiary/aromatic N) is 1.